The van der Waals surface area contributed by atoms with Gasteiger partial charge in [-0.25, -0.2) is 0 Å². The molecule has 0 radical (unpaired) electrons. The molecule has 0 aromatic rings. The largest absolute Gasteiger partial charge is 0.756 e. The Labute approximate surface area is 586 Å². The van der Waals surface area contributed by atoms with Crippen molar-refractivity contribution in [1.29, 1.82) is 0 Å². The van der Waals surface area contributed by atoms with Gasteiger partial charge in [-0.2, -0.15) is 0 Å². The smallest absolute Gasteiger partial charge is 0.306 e. The third kappa shape index (κ3) is 79.2. The molecule has 10 heteroatoms. The summed E-state index contributed by atoms with van der Waals surface area (Å²) < 4.78 is 34.5. The van der Waals surface area contributed by atoms with Gasteiger partial charge in [-0.3, -0.25) is 14.2 Å². The Morgan fingerprint density at radius 2 is 0.574 bits per heavy atom. The van der Waals surface area contributed by atoms with Crippen molar-refractivity contribution in [2.75, 3.05) is 47.5 Å². The summed E-state index contributed by atoms with van der Waals surface area (Å²) in [6.45, 7) is 4.32. The van der Waals surface area contributed by atoms with Crippen LogP contribution in [-0.2, 0) is 32.7 Å². The summed E-state index contributed by atoms with van der Waals surface area (Å²) in [6, 6.07) is 0. The molecule has 0 aliphatic rings. The van der Waals surface area contributed by atoms with Crippen LogP contribution in [0.1, 0.15) is 438 Å². The van der Waals surface area contributed by atoms with Crippen molar-refractivity contribution in [3.63, 3.8) is 0 Å². The van der Waals surface area contributed by atoms with Crippen LogP contribution in [-0.4, -0.2) is 70.0 Å². The second kappa shape index (κ2) is 75.4. The summed E-state index contributed by atoms with van der Waals surface area (Å²) in [5.41, 5.74) is 0. The van der Waals surface area contributed by atoms with E-state index in [2.05, 4.69) is 50.3 Å². The number of phosphoric ester groups is 1. The fraction of sp³-hybridized carbons (Fsp3) is 0.905. The third-order valence-electron chi connectivity index (χ3n) is 19.1. The number of hydrogen-bond acceptors (Lipinski definition) is 8. The van der Waals surface area contributed by atoms with E-state index in [9.17, 15) is 19.0 Å². The molecule has 0 aliphatic heterocycles. The van der Waals surface area contributed by atoms with Gasteiger partial charge in [-0.1, -0.05) is 391 Å². The molecule has 0 N–H and O–H groups in total. The molecule has 94 heavy (non-hydrogen) atoms. The summed E-state index contributed by atoms with van der Waals surface area (Å²) in [6.07, 6.45) is 98.6. The fourth-order valence-corrected chi connectivity index (χ4v) is 13.5. The van der Waals surface area contributed by atoms with Crippen molar-refractivity contribution in [2.24, 2.45) is 0 Å². The molecule has 0 aliphatic carbocycles. The first kappa shape index (κ1) is 92.2. The van der Waals surface area contributed by atoms with Crippen molar-refractivity contribution >= 4 is 19.8 Å². The zero-order chi connectivity index (χ0) is 68.3. The number of esters is 2. The lowest BCUT2D eigenvalue weighted by Crippen LogP contribution is -2.37. The van der Waals surface area contributed by atoms with E-state index in [1.54, 1.807) is 0 Å². The van der Waals surface area contributed by atoms with E-state index in [1.807, 2.05) is 21.1 Å². The number of ether oxygens (including phenoxy) is 2. The lowest BCUT2D eigenvalue weighted by atomic mass is 10.0. The molecule has 2 unspecified atom stereocenters. The van der Waals surface area contributed by atoms with E-state index in [0.29, 0.717) is 17.4 Å². The number of nitrogens with zero attached hydrogens (tertiary/aromatic N) is 1. The van der Waals surface area contributed by atoms with Crippen LogP contribution in [0.4, 0.5) is 0 Å². The van der Waals surface area contributed by atoms with E-state index in [-0.39, 0.29) is 32.0 Å². The molecule has 0 bridgehead atoms. The predicted octanol–water partition coefficient (Wildman–Crippen LogP) is 27.1. The highest BCUT2D eigenvalue weighted by Crippen LogP contribution is 2.38. The van der Waals surface area contributed by atoms with Crippen LogP contribution in [0.15, 0.2) is 36.5 Å². The number of quaternary nitrogens is 1. The molecule has 0 fully saturated rings. The fourth-order valence-electron chi connectivity index (χ4n) is 12.7. The van der Waals surface area contributed by atoms with Crippen molar-refractivity contribution < 1.29 is 42.1 Å². The van der Waals surface area contributed by atoms with Crippen molar-refractivity contribution in [3.8, 4) is 0 Å². The van der Waals surface area contributed by atoms with Gasteiger partial charge in [0.1, 0.15) is 19.8 Å². The molecule has 2 atom stereocenters. The van der Waals surface area contributed by atoms with Crippen LogP contribution in [0, 0.1) is 0 Å². The summed E-state index contributed by atoms with van der Waals surface area (Å²) in [5, 5.41) is 0. The first-order chi connectivity index (χ1) is 46.0. The van der Waals surface area contributed by atoms with Gasteiger partial charge in [0.15, 0.2) is 6.10 Å². The Kier molecular flexibility index (Phi) is 74.0. The Hall–Kier alpha value is -1.77. The normalized spacial score (nSPS) is 13.1. The van der Waals surface area contributed by atoms with Gasteiger partial charge in [0.05, 0.1) is 27.7 Å². The Morgan fingerprint density at radius 1 is 0.330 bits per heavy atom. The molecule has 556 valence electrons. The lowest BCUT2D eigenvalue weighted by molar-refractivity contribution is -0.870. The summed E-state index contributed by atoms with van der Waals surface area (Å²) >= 11 is 0. The number of unbranched alkanes of at least 4 members (excludes halogenated alkanes) is 59. The van der Waals surface area contributed by atoms with Crippen LogP contribution in [0.25, 0.3) is 0 Å². The standard InChI is InChI=1S/C84H162NO8P/c1-6-8-10-12-14-16-18-20-22-24-26-28-30-32-34-36-38-40-41-42-43-45-47-49-51-53-55-57-59-61-63-65-67-69-71-73-75-77-84(87)93-82(81-92-94(88,89)91-79-78-85(3,4)5)80-90-83(86)76-74-72-70-68-66-64-62-60-58-56-54-52-50-48-46-44-39-37-35-33-31-29-27-25-23-21-19-17-15-13-11-9-7-2/h18,20,24-27,82H,6-17,19,21-23,28-81H2,1-5H3/b20-18-,26-24-,27-25-. The maximum atomic E-state index is 12.9. The maximum Gasteiger partial charge on any atom is 0.306 e. The molecule has 0 aromatic heterocycles. The van der Waals surface area contributed by atoms with E-state index in [1.165, 1.54) is 366 Å². The number of allylic oxidation sites excluding steroid dienone is 6. The number of carbonyl (C=O) groups excluding carboxylic acids is 2. The molecular formula is C84H162NO8P. The average Bonchev–Trinajstić information content (AvgIpc) is 1.56. The van der Waals surface area contributed by atoms with E-state index in [4.69, 9.17) is 18.5 Å². The molecular weight excluding hydrogens is 1180 g/mol. The topological polar surface area (TPSA) is 111 Å². The van der Waals surface area contributed by atoms with Crippen LogP contribution in [0.2, 0.25) is 0 Å². The van der Waals surface area contributed by atoms with Gasteiger partial charge in [-0.15, -0.1) is 0 Å². The molecule has 0 spiro atoms. The van der Waals surface area contributed by atoms with E-state index >= 15 is 0 Å². The summed E-state index contributed by atoms with van der Waals surface area (Å²) in [7, 11) is 1.19. The SMILES string of the molecule is CCCCCCC/C=C\C/C=C\CCCCCCCCCCCCCCCCCCCCCCCCCCCC(=O)OC(COC(=O)CCCCCCCCCCCCCCCCCCCCCCC/C=C\CCCCCCCCCC)COP(=O)([O-])OCC[N+](C)(C)C. The lowest BCUT2D eigenvalue weighted by Gasteiger charge is -2.28. The maximum absolute atomic E-state index is 12.9. The average molecular weight is 1350 g/mol. The Balaban J connectivity index is 3.88. The number of carbonyl (C=O) groups is 2. The molecule has 0 rings (SSSR count). The quantitative estimate of drug-likeness (QED) is 0.0195. The highest BCUT2D eigenvalue weighted by Gasteiger charge is 2.22. The minimum absolute atomic E-state index is 0.0269. The Bertz CT molecular complexity index is 1680. The van der Waals surface area contributed by atoms with Crippen LogP contribution < -0.4 is 4.89 Å². The second-order valence-electron chi connectivity index (χ2n) is 29.8. The predicted molar refractivity (Wildman–Crippen MR) is 407 cm³/mol. The van der Waals surface area contributed by atoms with Gasteiger partial charge in [0, 0.05) is 12.8 Å². The number of rotatable bonds is 79. The van der Waals surface area contributed by atoms with Gasteiger partial charge < -0.3 is 27.9 Å². The first-order valence-corrected chi connectivity index (χ1v) is 43.2. The van der Waals surface area contributed by atoms with Crippen molar-refractivity contribution in [1.82, 2.24) is 0 Å². The minimum atomic E-state index is -4.64. The monoisotopic (exact) mass is 1340 g/mol. The number of likely N-dealkylation sites (N-methyl/N-ethyl adjacent to an activating group) is 1. The zero-order valence-corrected chi connectivity index (χ0v) is 64.6. The highest BCUT2D eigenvalue weighted by molar-refractivity contribution is 7.45. The number of phosphoric acid groups is 1. The molecule has 0 saturated carbocycles. The summed E-state index contributed by atoms with van der Waals surface area (Å²) in [5.74, 6) is -0.805. The third-order valence-corrected chi connectivity index (χ3v) is 20.1. The molecule has 0 heterocycles. The molecule has 0 amide bonds. The van der Waals surface area contributed by atoms with Crippen molar-refractivity contribution in [2.45, 2.75) is 444 Å². The summed E-state index contributed by atoms with van der Waals surface area (Å²) in [4.78, 5) is 38.2. The Morgan fingerprint density at radius 3 is 0.851 bits per heavy atom. The first-order valence-electron chi connectivity index (χ1n) is 41.7. The van der Waals surface area contributed by atoms with E-state index < -0.39 is 26.5 Å². The van der Waals surface area contributed by atoms with Gasteiger partial charge in [0.2, 0.25) is 0 Å². The van der Waals surface area contributed by atoms with Crippen LogP contribution in [0.3, 0.4) is 0 Å². The zero-order valence-electron chi connectivity index (χ0n) is 63.7. The van der Waals surface area contributed by atoms with Gasteiger partial charge in [-0.05, 0) is 70.6 Å². The van der Waals surface area contributed by atoms with Crippen molar-refractivity contribution in [3.05, 3.63) is 36.5 Å². The molecule has 9 nitrogen and oxygen atoms in total. The van der Waals surface area contributed by atoms with Crippen LogP contribution >= 0.6 is 7.82 Å². The van der Waals surface area contributed by atoms with Gasteiger partial charge >= 0.3 is 11.9 Å². The minimum Gasteiger partial charge on any atom is -0.756 e. The van der Waals surface area contributed by atoms with E-state index in [0.717, 1.165) is 38.5 Å². The molecule has 0 aromatic carbocycles. The van der Waals surface area contributed by atoms with Crippen LogP contribution in [0.5, 0.6) is 0 Å². The second-order valence-corrected chi connectivity index (χ2v) is 31.3. The molecule has 0 saturated heterocycles. The van der Waals surface area contributed by atoms with Gasteiger partial charge in [0.25, 0.3) is 7.82 Å². The highest BCUT2D eigenvalue weighted by atomic mass is 31.2. The number of hydrogen-bond donors (Lipinski definition) is 0.